The monoisotopic (exact) mass is 513 g/mol. The fourth-order valence-corrected chi connectivity index (χ4v) is 5.06. The van der Waals surface area contributed by atoms with E-state index >= 15 is 0 Å². The minimum Gasteiger partial charge on any atom is -0.337 e. The van der Waals surface area contributed by atoms with E-state index in [9.17, 15) is 9.59 Å². The molecule has 1 saturated heterocycles. The van der Waals surface area contributed by atoms with Crippen LogP contribution < -0.4 is 5.32 Å². The molecule has 0 bridgehead atoms. The van der Waals surface area contributed by atoms with Crippen molar-refractivity contribution in [3.8, 4) is 11.5 Å². The predicted molar refractivity (Wildman–Crippen MR) is 150 cm³/mol. The Labute approximate surface area is 222 Å². The molecular weight excluding hydrogens is 478 g/mol. The number of carbonyl (C=O) groups excluding carboxylic acids is 2. The van der Waals surface area contributed by atoms with Crippen molar-refractivity contribution in [1.29, 1.82) is 0 Å². The van der Waals surface area contributed by atoms with Gasteiger partial charge in [0.25, 0.3) is 5.91 Å². The van der Waals surface area contributed by atoms with Gasteiger partial charge in [-0.3, -0.25) is 14.7 Å². The molecule has 0 saturated carbocycles. The number of hydrogen-bond donors (Lipinski definition) is 3. The number of ketones is 1. The first-order valence-corrected chi connectivity index (χ1v) is 13.2. The number of anilines is 1. The fourth-order valence-electron chi connectivity index (χ4n) is 5.06. The number of aromatic nitrogens is 4. The zero-order valence-corrected chi connectivity index (χ0v) is 22.3. The Bertz CT molecular complexity index is 1430. The van der Waals surface area contributed by atoms with Crippen LogP contribution in [0.25, 0.3) is 22.6 Å². The Balaban J connectivity index is 1.23. The van der Waals surface area contributed by atoms with Crippen LogP contribution in [-0.4, -0.2) is 81.4 Å². The third-order valence-corrected chi connectivity index (χ3v) is 7.36. The summed E-state index contributed by atoms with van der Waals surface area (Å²) in [5.74, 6) is 0.496. The SMILES string of the molecule is Cc1cccc(C)c1C(=O)Nc1cn[nH]c1-c1nc2ccc(C(=O)CCCCN3CCN(C)CC3)cc2[nH]1. The summed E-state index contributed by atoms with van der Waals surface area (Å²) in [7, 11) is 2.16. The number of fused-ring (bicyclic) bond motifs is 1. The second kappa shape index (κ2) is 11.3. The van der Waals surface area contributed by atoms with Gasteiger partial charge in [-0.05, 0) is 69.6 Å². The number of aromatic amines is 2. The lowest BCUT2D eigenvalue weighted by Crippen LogP contribution is -2.44. The van der Waals surface area contributed by atoms with E-state index in [4.69, 9.17) is 0 Å². The number of nitrogens with one attached hydrogen (secondary N) is 3. The predicted octanol–water partition coefficient (Wildman–Crippen LogP) is 4.42. The van der Waals surface area contributed by atoms with E-state index in [0.29, 0.717) is 34.8 Å². The number of likely N-dealkylation sites (N-methyl/N-ethyl adjacent to an activating group) is 1. The van der Waals surface area contributed by atoms with Gasteiger partial charge in [-0.25, -0.2) is 4.98 Å². The molecule has 1 aliphatic heterocycles. The maximum atomic E-state index is 13.0. The summed E-state index contributed by atoms with van der Waals surface area (Å²) in [6.45, 7) is 9.34. The summed E-state index contributed by atoms with van der Waals surface area (Å²) < 4.78 is 0. The summed E-state index contributed by atoms with van der Waals surface area (Å²) in [5.41, 5.74) is 5.78. The van der Waals surface area contributed by atoms with Crippen molar-refractivity contribution < 1.29 is 9.59 Å². The molecule has 2 aromatic heterocycles. The van der Waals surface area contributed by atoms with E-state index in [-0.39, 0.29) is 11.7 Å². The molecule has 38 heavy (non-hydrogen) atoms. The van der Waals surface area contributed by atoms with Crippen molar-refractivity contribution in [3.63, 3.8) is 0 Å². The zero-order chi connectivity index (χ0) is 26.6. The van der Waals surface area contributed by atoms with Crippen LogP contribution in [0.15, 0.2) is 42.6 Å². The van der Waals surface area contributed by atoms with Gasteiger partial charge in [0, 0.05) is 43.7 Å². The van der Waals surface area contributed by atoms with E-state index < -0.39 is 0 Å². The first-order valence-electron chi connectivity index (χ1n) is 13.2. The Hall–Kier alpha value is -3.82. The van der Waals surface area contributed by atoms with Crippen LogP contribution in [0.4, 0.5) is 5.69 Å². The summed E-state index contributed by atoms with van der Waals surface area (Å²) in [5, 5.41) is 10.0. The molecule has 0 atom stereocenters. The maximum Gasteiger partial charge on any atom is 0.256 e. The number of nitrogens with zero attached hydrogens (tertiary/aromatic N) is 4. The molecule has 0 aliphatic carbocycles. The highest BCUT2D eigenvalue weighted by Gasteiger charge is 2.18. The van der Waals surface area contributed by atoms with Gasteiger partial charge < -0.3 is 20.1 Å². The molecule has 9 nitrogen and oxygen atoms in total. The third kappa shape index (κ3) is 5.69. The largest absolute Gasteiger partial charge is 0.337 e. The van der Waals surface area contributed by atoms with Crippen molar-refractivity contribution in [2.45, 2.75) is 33.1 Å². The summed E-state index contributed by atoms with van der Waals surface area (Å²) in [4.78, 5) is 38.7. The molecule has 1 amide bonds. The van der Waals surface area contributed by atoms with E-state index in [1.807, 2.05) is 50.2 Å². The van der Waals surface area contributed by atoms with Crippen LogP contribution >= 0.6 is 0 Å². The molecule has 2 aromatic carbocycles. The van der Waals surface area contributed by atoms with E-state index in [0.717, 1.165) is 67.7 Å². The Morgan fingerprint density at radius 3 is 2.55 bits per heavy atom. The molecule has 1 fully saturated rings. The average molecular weight is 514 g/mol. The minimum absolute atomic E-state index is 0.143. The van der Waals surface area contributed by atoms with Crippen molar-refractivity contribution in [2.24, 2.45) is 0 Å². The smallest absolute Gasteiger partial charge is 0.256 e. The lowest BCUT2D eigenvalue weighted by Gasteiger charge is -2.32. The number of H-pyrrole nitrogens is 2. The number of unbranched alkanes of at least 4 members (excludes halogenated alkanes) is 1. The summed E-state index contributed by atoms with van der Waals surface area (Å²) >= 11 is 0. The van der Waals surface area contributed by atoms with Gasteiger partial charge in [-0.15, -0.1) is 0 Å². The lowest BCUT2D eigenvalue weighted by atomic mass is 10.0. The molecule has 5 rings (SSSR count). The zero-order valence-electron chi connectivity index (χ0n) is 22.3. The highest BCUT2D eigenvalue weighted by molar-refractivity contribution is 6.07. The van der Waals surface area contributed by atoms with E-state index in [1.165, 1.54) is 0 Å². The molecule has 0 spiro atoms. The summed E-state index contributed by atoms with van der Waals surface area (Å²) in [6, 6.07) is 11.3. The van der Waals surface area contributed by atoms with Crippen molar-refractivity contribution in [2.75, 3.05) is 45.1 Å². The number of benzene rings is 2. The molecule has 198 valence electrons. The van der Waals surface area contributed by atoms with Gasteiger partial charge in [0.1, 0.15) is 5.69 Å². The number of carbonyl (C=O) groups is 2. The highest BCUT2D eigenvalue weighted by atomic mass is 16.1. The Morgan fingerprint density at radius 2 is 1.79 bits per heavy atom. The van der Waals surface area contributed by atoms with Gasteiger partial charge in [-0.2, -0.15) is 5.10 Å². The topological polar surface area (TPSA) is 110 Å². The second-order valence-electron chi connectivity index (χ2n) is 10.2. The Kier molecular flexibility index (Phi) is 7.67. The minimum atomic E-state index is -0.195. The van der Waals surface area contributed by atoms with Crippen LogP contribution in [-0.2, 0) is 0 Å². The number of amides is 1. The van der Waals surface area contributed by atoms with Crippen molar-refractivity contribution >= 4 is 28.4 Å². The van der Waals surface area contributed by atoms with Gasteiger partial charge in [0.2, 0.25) is 0 Å². The van der Waals surface area contributed by atoms with Gasteiger partial charge in [0.15, 0.2) is 11.6 Å². The van der Waals surface area contributed by atoms with Crippen molar-refractivity contribution in [3.05, 3.63) is 64.8 Å². The van der Waals surface area contributed by atoms with Crippen LogP contribution in [0.5, 0.6) is 0 Å². The lowest BCUT2D eigenvalue weighted by molar-refractivity contribution is 0.0974. The normalized spacial score (nSPS) is 14.7. The van der Waals surface area contributed by atoms with Crippen LogP contribution in [0, 0.1) is 13.8 Å². The number of rotatable bonds is 9. The standard InChI is InChI=1S/C29H35N7O2/c1-19-7-6-8-20(2)26(19)29(38)33-24-18-30-34-27(24)28-31-22-11-10-21(17-23(22)32-28)25(37)9-4-5-12-36-15-13-35(3)14-16-36/h6-8,10-11,17-18H,4-5,9,12-16H2,1-3H3,(H,30,34)(H,31,32)(H,33,38). The van der Waals surface area contributed by atoms with E-state index in [2.05, 4.69) is 42.3 Å². The quantitative estimate of drug-likeness (QED) is 0.226. The Morgan fingerprint density at radius 1 is 1.03 bits per heavy atom. The van der Waals surface area contributed by atoms with Crippen molar-refractivity contribution in [1.82, 2.24) is 30.0 Å². The number of piperazine rings is 1. The maximum absolute atomic E-state index is 13.0. The highest BCUT2D eigenvalue weighted by Crippen LogP contribution is 2.27. The van der Waals surface area contributed by atoms with Gasteiger partial charge in [0.05, 0.1) is 22.9 Å². The van der Waals surface area contributed by atoms with Gasteiger partial charge >= 0.3 is 0 Å². The number of hydrogen-bond acceptors (Lipinski definition) is 6. The third-order valence-electron chi connectivity index (χ3n) is 7.36. The number of aryl methyl sites for hydroxylation is 2. The molecule has 3 N–H and O–H groups in total. The average Bonchev–Trinajstić information content (AvgIpc) is 3.53. The molecule has 3 heterocycles. The summed E-state index contributed by atoms with van der Waals surface area (Å²) in [6.07, 6.45) is 4.03. The molecule has 4 aromatic rings. The number of Topliss-reactive ketones (excluding diaryl/α,β-unsaturated/α-hetero) is 1. The van der Waals surface area contributed by atoms with Crippen LogP contribution in [0.1, 0.15) is 51.1 Å². The molecule has 0 unspecified atom stereocenters. The first-order chi connectivity index (χ1) is 18.4. The molecule has 1 aliphatic rings. The van der Waals surface area contributed by atoms with Crippen LogP contribution in [0.2, 0.25) is 0 Å². The molecule has 0 radical (unpaired) electrons. The second-order valence-corrected chi connectivity index (χ2v) is 10.2. The fraction of sp³-hybridized carbons (Fsp3) is 0.379. The molecular formula is C29H35N7O2. The first kappa shape index (κ1) is 25.8. The number of imidazole rings is 1. The molecule has 9 heteroatoms. The van der Waals surface area contributed by atoms with Crippen LogP contribution in [0.3, 0.4) is 0 Å². The van der Waals surface area contributed by atoms with Gasteiger partial charge in [-0.1, -0.05) is 18.2 Å². The van der Waals surface area contributed by atoms with E-state index in [1.54, 1.807) is 6.20 Å².